The van der Waals surface area contributed by atoms with E-state index in [-0.39, 0.29) is 23.8 Å². The summed E-state index contributed by atoms with van der Waals surface area (Å²) in [6.07, 6.45) is 13.7. The normalized spacial score (nSPS) is 19.1. The van der Waals surface area contributed by atoms with Gasteiger partial charge in [-0.3, -0.25) is 19.8 Å². The van der Waals surface area contributed by atoms with Gasteiger partial charge >= 0.3 is 0 Å². The van der Waals surface area contributed by atoms with E-state index < -0.39 is 24.0 Å². The van der Waals surface area contributed by atoms with Gasteiger partial charge in [-0.25, -0.2) is 0 Å². The zero-order valence-corrected chi connectivity index (χ0v) is 24.2. The first kappa shape index (κ1) is 33.8. The molecule has 2 rings (SSSR count). The first-order valence-electron chi connectivity index (χ1n) is 15.4. The smallest absolute Gasteiger partial charge is 0.240 e. The van der Waals surface area contributed by atoms with Crippen LogP contribution in [0.2, 0.25) is 0 Å². The predicted octanol–water partition coefficient (Wildman–Crippen LogP) is 0.280. The molecule has 0 heterocycles. The molecule has 0 aromatic heterocycles. The third kappa shape index (κ3) is 13.3. The summed E-state index contributed by atoms with van der Waals surface area (Å²) in [7, 11) is 0. The quantitative estimate of drug-likeness (QED) is 0.0564. The molecule has 230 valence electrons. The van der Waals surface area contributed by atoms with E-state index in [2.05, 4.69) is 21.3 Å². The molecule has 0 aromatic carbocycles. The first-order chi connectivity index (χ1) is 19.2. The van der Waals surface area contributed by atoms with Crippen molar-refractivity contribution in [2.75, 3.05) is 19.6 Å². The molecule has 12 heteroatoms. The van der Waals surface area contributed by atoms with E-state index in [9.17, 15) is 14.4 Å². The molecule has 12 nitrogen and oxygen atoms in total. The third-order valence-corrected chi connectivity index (χ3v) is 8.37. The highest BCUT2D eigenvalue weighted by molar-refractivity contribution is 5.89. The zero-order valence-electron chi connectivity index (χ0n) is 24.2. The molecule has 2 aliphatic carbocycles. The Hall–Kier alpha value is -2.44. The summed E-state index contributed by atoms with van der Waals surface area (Å²) in [6.45, 7) is 1.40. The van der Waals surface area contributed by atoms with Gasteiger partial charge in [0.05, 0.1) is 12.1 Å². The molecule has 3 amide bonds. The van der Waals surface area contributed by atoms with E-state index in [4.69, 9.17) is 28.3 Å². The Labute approximate surface area is 239 Å². The fourth-order valence-corrected chi connectivity index (χ4v) is 6.01. The van der Waals surface area contributed by atoms with Crippen molar-refractivity contribution >= 4 is 23.7 Å². The molecule has 40 heavy (non-hydrogen) atoms. The maximum Gasteiger partial charge on any atom is 0.240 e. The first-order valence-corrected chi connectivity index (χ1v) is 15.4. The van der Waals surface area contributed by atoms with Crippen molar-refractivity contribution in [3.63, 3.8) is 0 Å². The Morgan fingerprint density at radius 1 is 0.800 bits per heavy atom. The van der Waals surface area contributed by atoms with Crippen molar-refractivity contribution in [2.45, 2.75) is 120 Å². The molecule has 0 saturated heterocycles. The minimum atomic E-state index is -0.742. The van der Waals surface area contributed by atoms with Crippen LogP contribution >= 0.6 is 0 Å². The van der Waals surface area contributed by atoms with Crippen molar-refractivity contribution in [1.29, 1.82) is 5.41 Å². The Kier molecular flexibility index (Phi) is 15.9. The Morgan fingerprint density at radius 3 is 2.00 bits per heavy atom. The van der Waals surface area contributed by atoms with Gasteiger partial charge in [0.15, 0.2) is 5.96 Å². The van der Waals surface area contributed by atoms with Crippen LogP contribution in [0.25, 0.3) is 0 Å². The average Bonchev–Trinajstić information content (AvgIpc) is 3.62. The molecule has 4 unspecified atom stereocenters. The number of nitrogens with two attached hydrogens (primary N) is 4. The number of hydrogen-bond acceptors (Lipinski definition) is 7. The molecule has 0 spiro atoms. The van der Waals surface area contributed by atoms with Gasteiger partial charge in [-0.2, -0.15) is 0 Å². The lowest BCUT2D eigenvalue weighted by molar-refractivity contribution is -0.129. The highest BCUT2D eigenvalue weighted by Crippen LogP contribution is 2.29. The lowest BCUT2D eigenvalue weighted by Crippen LogP contribution is -2.55. The van der Waals surface area contributed by atoms with Crippen molar-refractivity contribution in [3.05, 3.63) is 0 Å². The van der Waals surface area contributed by atoms with Crippen LogP contribution in [0.4, 0.5) is 0 Å². The molecular formula is C28H55N9O3. The second kappa shape index (κ2) is 18.8. The van der Waals surface area contributed by atoms with E-state index in [0.29, 0.717) is 70.0 Å². The van der Waals surface area contributed by atoms with E-state index in [1.165, 1.54) is 12.8 Å². The Morgan fingerprint density at radius 2 is 1.43 bits per heavy atom. The van der Waals surface area contributed by atoms with Crippen molar-refractivity contribution in [1.82, 2.24) is 21.3 Å². The Balaban J connectivity index is 2.03. The van der Waals surface area contributed by atoms with Crippen LogP contribution in [-0.4, -0.2) is 67.5 Å². The largest absolute Gasteiger partial charge is 0.370 e. The number of carbonyl (C=O) groups is 3. The summed E-state index contributed by atoms with van der Waals surface area (Å²) in [5, 5.41) is 19.5. The van der Waals surface area contributed by atoms with Crippen LogP contribution in [0.3, 0.4) is 0 Å². The third-order valence-electron chi connectivity index (χ3n) is 8.37. The van der Waals surface area contributed by atoms with Gasteiger partial charge in [-0.05, 0) is 63.3 Å². The van der Waals surface area contributed by atoms with Gasteiger partial charge in [0.25, 0.3) is 0 Å². The number of nitrogens with one attached hydrogen (secondary N) is 5. The van der Waals surface area contributed by atoms with E-state index in [1.807, 2.05) is 0 Å². The number of amides is 3. The SMILES string of the molecule is N=C(N)NCCCC(CNC(CC1CCCC1)C(=O)NC(CCCCN)C(N)=O)NC(=O)C(N)CC1CCCC1. The standard InChI is InChI=1S/C28H55N9O3/c29-14-6-5-13-23(25(31)38)37-27(40)24(17-20-10-3-4-11-20)35-18-21(12-7-15-34-28(32)33)36-26(39)22(30)16-19-8-1-2-9-19/h19-24,35H,1-18,29-30H2,(H2,31,38)(H,36,39)(H,37,40)(H4,32,33,34). The van der Waals surface area contributed by atoms with Crippen molar-refractivity contribution in [2.24, 2.45) is 34.8 Å². The fourth-order valence-electron chi connectivity index (χ4n) is 6.01. The molecule has 0 radical (unpaired) electrons. The maximum absolute atomic E-state index is 13.4. The Bertz CT molecular complexity index is 785. The summed E-state index contributed by atoms with van der Waals surface area (Å²) < 4.78 is 0. The van der Waals surface area contributed by atoms with Crippen molar-refractivity contribution in [3.8, 4) is 0 Å². The van der Waals surface area contributed by atoms with Gasteiger partial charge in [-0.15, -0.1) is 0 Å². The zero-order chi connectivity index (χ0) is 29.3. The summed E-state index contributed by atoms with van der Waals surface area (Å²) in [4.78, 5) is 38.4. The van der Waals surface area contributed by atoms with Gasteiger partial charge < -0.3 is 44.2 Å². The number of hydrogen-bond donors (Lipinski definition) is 9. The number of carbonyl (C=O) groups excluding carboxylic acids is 3. The number of unbranched alkanes of at least 4 members (excludes halogenated alkanes) is 1. The molecule has 2 saturated carbocycles. The van der Waals surface area contributed by atoms with Crippen LogP contribution in [0.1, 0.15) is 96.3 Å². The highest BCUT2D eigenvalue weighted by atomic mass is 16.2. The second-order valence-electron chi connectivity index (χ2n) is 11.8. The predicted molar refractivity (Wildman–Crippen MR) is 158 cm³/mol. The molecular weight excluding hydrogens is 510 g/mol. The summed E-state index contributed by atoms with van der Waals surface area (Å²) >= 11 is 0. The monoisotopic (exact) mass is 565 g/mol. The van der Waals surface area contributed by atoms with Crippen LogP contribution in [0.15, 0.2) is 0 Å². The van der Waals surface area contributed by atoms with E-state index in [1.54, 1.807) is 0 Å². The maximum atomic E-state index is 13.4. The summed E-state index contributed by atoms with van der Waals surface area (Å²) in [5.74, 6) is -0.140. The summed E-state index contributed by atoms with van der Waals surface area (Å²) in [5.41, 5.74) is 22.9. The van der Waals surface area contributed by atoms with E-state index >= 15 is 0 Å². The lowest BCUT2D eigenvalue weighted by atomic mass is 9.96. The van der Waals surface area contributed by atoms with Gasteiger partial charge in [0.2, 0.25) is 17.7 Å². The van der Waals surface area contributed by atoms with Crippen LogP contribution in [-0.2, 0) is 14.4 Å². The average molecular weight is 566 g/mol. The number of guanidine groups is 1. The van der Waals surface area contributed by atoms with Crippen molar-refractivity contribution < 1.29 is 14.4 Å². The molecule has 0 bridgehead atoms. The van der Waals surface area contributed by atoms with Crippen LogP contribution < -0.4 is 44.2 Å². The molecule has 13 N–H and O–H groups in total. The number of rotatable bonds is 20. The molecule has 2 fully saturated rings. The molecule has 4 atom stereocenters. The lowest BCUT2D eigenvalue weighted by Gasteiger charge is -2.27. The second-order valence-corrected chi connectivity index (χ2v) is 11.8. The van der Waals surface area contributed by atoms with E-state index in [0.717, 1.165) is 44.9 Å². The van der Waals surface area contributed by atoms with Crippen LogP contribution in [0, 0.1) is 17.2 Å². The summed E-state index contributed by atoms with van der Waals surface area (Å²) in [6, 6.07) is -2.08. The highest BCUT2D eigenvalue weighted by Gasteiger charge is 2.29. The topological polar surface area (TPSA) is 227 Å². The van der Waals surface area contributed by atoms with Gasteiger partial charge in [0, 0.05) is 19.1 Å². The fraction of sp³-hybridized carbons (Fsp3) is 0.857. The van der Waals surface area contributed by atoms with Gasteiger partial charge in [-0.1, -0.05) is 51.4 Å². The number of primary amides is 1. The van der Waals surface area contributed by atoms with Crippen LogP contribution in [0.5, 0.6) is 0 Å². The minimum absolute atomic E-state index is 0.0962. The van der Waals surface area contributed by atoms with Gasteiger partial charge in [0.1, 0.15) is 6.04 Å². The molecule has 2 aliphatic rings. The molecule has 0 aromatic rings. The minimum Gasteiger partial charge on any atom is -0.370 e. The molecule has 0 aliphatic heterocycles.